The van der Waals surface area contributed by atoms with Gasteiger partial charge in [0.2, 0.25) is 10.0 Å². The Balaban J connectivity index is 2.14. The minimum atomic E-state index is -3.60. The molecule has 1 aromatic rings. The fraction of sp³-hybridized carbons (Fsp3) is 0.571. The van der Waals surface area contributed by atoms with Crippen molar-refractivity contribution in [3.8, 4) is 5.75 Å². The van der Waals surface area contributed by atoms with E-state index in [-0.39, 0.29) is 17.0 Å². The molecule has 0 atom stereocenters. The molecule has 1 aliphatic rings. The molecule has 0 aliphatic heterocycles. The van der Waals surface area contributed by atoms with Crippen molar-refractivity contribution >= 4 is 26.0 Å². The Kier molecular flexibility index (Phi) is 5.65. The quantitative estimate of drug-likeness (QED) is 0.856. The van der Waals surface area contributed by atoms with Crippen LogP contribution in [-0.2, 0) is 14.8 Å². The van der Waals surface area contributed by atoms with Crippen molar-refractivity contribution in [2.45, 2.75) is 42.7 Å². The van der Waals surface area contributed by atoms with Crippen LogP contribution in [0.15, 0.2) is 27.6 Å². The molecule has 118 valence electrons. The molecule has 0 aromatic heterocycles. The highest BCUT2D eigenvalue weighted by molar-refractivity contribution is 9.10. The number of methoxy groups -OCH3 is 2. The van der Waals surface area contributed by atoms with E-state index >= 15 is 0 Å². The molecule has 0 saturated heterocycles. The summed E-state index contributed by atoms with van der Waals surface area (Å²) in [5.41, 5.74) is 0. The molecule has 1 aliphatic carbocycles. The predicted molar refractivity (Wildman–Crippen MR) is 84.1 cm³/mol. The van der Waals surface area contributed by atoms with Gasteiger partial charge in [-0.3, -0.25) is 0 Å². The first-order valence-corrected chi connectivity index (χ1v) is 9.12. The first-order chi connectivity index (χ1) is 9.96. The van der Waals surface area contributed by atoms with Crippen molar-refractivity contribution in [2.24, 2.45) is 0 Å². The Morgan fingerprint density at radius 1 is 1.19 bits per heavy atom. The summed E-state index contributed by atoms with van der Waals surface area (Å²) >= 11 is 3.30. The lowest BCUT2D eigenvalue weighted by Gasteiger charge is -2.28. The third-order valence-electron chi connectivity index (χ3n) is 3.74. The number of rotatable bonds is 5. The van der Waals surface area contributed by atoms with Gasteiger partial charge in [-0.05, 0) is 43.9 Å². The zero-order chi connectivity index (χ0) is 15.5. The SMILES string of the molecule is COc1ccc(Br)cc1S(=O)(=O)NC1CCC(OC)CC1. The molecule has 7 heteroatoms. The standard InChI is InChI=1S/C14H20BrNO4S/c1-19-12-6-4-11(5-7-12)16-21(17,18)14-9-10(15)3-8-13(14)20-2/h3,8-9,11-12,16H,4-7H2,1-2H3. The lowest BCUT2D eigenvalue weighted by molar-refractivity contribution is 0.0649. The maximum atomic E-state index is 12.5. The average Bonchev–Trinajstić information content (AvgIpc) is 2.47. The minimum absolute atomic E-state index is 0.0508. The molecule has 1 saturated carbocycles. The van der Waals surface area contributed by atoms with E-state index in [0.29, 0.717) is 10.2 Å². The second-order valence-electron chi connectivity index (χ2n) is 5.13. The molecule has 0 radical (unpaired) electrons. The topological polar surface area (TPSA) is 64.6 Å². The van der Waals surface area contributed by atoms with E-state index in [1.807, 2.05) is 0 Å². The van der Waals surface area contributed by atoms with Crippen LogP contribution in [0, 0.1) is 0 Å². The Morgan fingerprint density at radius 3 is 2.43 bits per heavy atom. The molecule has 0 bridgehead atoms. The molecule has 1 aromatic carbocycles. The summed E-state index contributed by atoms with van der Waals surface area (Å²) in [4.78, 5) is 0.160. The molecule has 1 N–H and O–H groups in total. The Hall–Kier alpha value is -0.630. The van der Waals surface area contributed by atoms with Crippen molar-refractivity contribution in [1.29, 1.82) is 0 Å². The molecular formula is C14H20BrNO4S. The summed E-state index contributed by atoms with van der Waals surface area (Å²) in [5.74, 6) is 0.344. The maximum absolute atomic E-state index is 12.5. The van der Waals surface area contributed by atoms with E-state index in [4.69, 9.17) is 9.47 Å². The number of ether oxygens (including phenoxy) is 2. The third-order valence-corrected chi connectivity index (χ3v) is 5.78. The largest absolute Gasteiger partial charge is 0.495 e. The lowest BCUT2D eigenvalue weighted by Crippen LogP contribution is -2.39. The van der Waals surface area contributed by atoms with Crippen molar-refractivity contribution in [2.75, 3.05) is 14.2 Å². The second kappa shape index (κ2) is 7.09. The molecule has 0 unspecified atom stereocenters. The molecule has 0 spiro atoms. The summed E-state index contributed by atoms with van der Waals surface area (Å²) in [6.45, 7) is 0. The van der Waals surface area contributed by atoms with Crippen LogP contribution in [0.4, 0.5) is 0 Å². The van der Waals surface area contributed by atoms with Crippen LogP contribution in [0.1, 0.15) is 25.7 Å². The second-order valence-corrected chi connectivity index (χ2v) is 7.72. The maximum Gasteiger partial charge on any atom is 0.244 e. The normalized spacial score (nSPS) is 23.0. The van der Waals surface area contributed by atoms with Crippen LogP contribution in [0.5, 0.6) is 5.75 Å². The number of hydrogen-bond acceptors (Lipinski definition) is 4. The number of benzene rings is 1. The number of hydrogen-bond donors (Lipinski definition) is 1. The summed E-state index contributed by atoms with van der Waals surface area (Å²) in [5, 5.41) is 0. The Bertz CT molecular complexity index is 583. The van der Waals surface area contributed by atoms with Gasteiger partial charge in [-0.25, -0.2) is 13.1 Å². The van der Waals surface area contributed by atoms with E-state index in [1.165, 1.54) is 7.11 Å². The Morgan fingerprint density at radius 2 is 1.86 bits per heavy atom. The predicted octanol–water partition coefficient (Wildman–Crippen LogP) is 2.69. The van der Waals surface area contributed by atoms with Gasteiger partial charge in [-0.1, -0.05) is 15.9 Å². The van der Waals surface area contributed by atoms with Crippen molar-refractivity contribution in [3.63, 3.8) is 0 Å². The highest BCUT2D eigenvalue weighted by Gasteiger charge is 2.27. The number of nitrogens with one attached hydrogen (secondary N) is 1. The highest BCUT2D eigenvalue weighted by Crippen LogP contribution is 2.29. The van der Waals surface area contributed by atoms with Crippen LogP contribution in [0.2, 0.25) is 0 Å². The summed E-state index contributed by atoms with van der Waals surface area (Å²) in [7, 11) is -0.435. The zero-order valence-corrected chi connectivity index (χ0v) is 14.5. The highest BCUT2D eigenvalue weighted by atomic mass is 79.9. The Labute approximate surface area is 134 Å². The molecular weight excluding hydrogens is 358 g/mol. The third kappa shape index (κ3) is 4.18. The van der Waals surface area contributed by atoms with Gasteiger partial charge in [0.1, 0.15) is 10.6 Å². The van der Waals surface area contributed by atoms with E-state index < -0.39 is 10.0 Å². The first-order valence-electron chi connectivity index (χ1n) is 6.85. The fourth-order valence-electron chi connectivity index (χ4n) is 2.56. The van der Waals surface area contributed by atoms with Crippen molar-refractivity contribution < 1.29 is 17.9 Å². The van der Waals surface area contributed by atoms with E-state index in [2.05, 4.69) is 20.7 Å². The van der Waals surface area contributed by atoms with Gasteiger partial charge >= 0.3 is 0 Å². The molecule has 0 heterocycles. The lowest BCUT2D eigenvalue weighted by atomic mass is 9.94. The zero-order valence-electron chi connectivity index (χ0n) is 12.1. The number of halogens is 1. The van der Waals surface area contributed by atoms with Gasteiger partial charge in [0.05, 0.1) is 13.2 Å². The van der Waals surface area contributed by atoms with Gasteiger partial charge in [-0.15, -0.1) is 0 Å². The fourth-order valence-corrected chi connectivity index (χ4v) is 4.57. The van der Waals surface area contributed by atoms with Crippen LogP contribution in [0.25, 0.3) is 0 Å². The van der Waals surface area contributed by atoms with Gasteiger partial charge in [0.15, 0.2) is 0 Å². The van der Waals surface area contributed by atoms with Gasteiger partial charge in [0, 0.05) is 17.6 Å². The van der Waals surface area contributed by atoms with Crippen molar-refractivity contribution in [3.05, 3.63) is 22.7 Å². The van der Waals surface area contributed by atoms with Crippen LogP contribution in [-0.4, -0.2) is 34.8 Å². The average molecular weight is 378 g/mol. The van der Waals surface area contributed by atoms with Gasteiger partial charge < -0.3 is 9.47 Å². The van der Waals surface area contributed by atoms with Gasteiger partial charge in [0.25, 0.3) is 0 Å². The molecule has 5 nitrogen and oxygen atoms in total. The summed E-state index contributed by atoms with van der Waals surface area (Å²) in [6, 6.07) is 4.90. The van der Waals surface area contributed by atoms with E-state index in [0.717, 1.165) is 25.7 Å². The van der Waals surface area contributed by atoms with Crippen LogP contribution in [0.3, 0.4) is 0 Å². The van der Waals surface area contributed by atoms with Crippen LogP contribution < -0.4 is 9.46 Å². The molecule has 0 amide bonds. The number of sulfonamides is 1. The summed E-state index contributed by atoms with van der Waals surface area (Å²) < 4.78 is 39.0. The minimum Gasteiger partial charge on any atom is -0.495 e. The monoisotopic (exact) mass is 377 g/mol. The molecule has 21 heavy (non-hydrogen) atoms. The van der Waals surface area contributed by atoms with E-state index in [1.54, 1.807) is 25.3 Å². The first kappa shape index (κ1) is 16.7. The van der Waals surface area contributed by atoms with Crippen molar-refractivity contribution in [1.82, 2.24) is 4.72 Å². The van der Waals surface area contributed by atoms with E-state index in [9.17, 15) is 8.42 Å². The molecule has 1 fully saturated rings. The summed E-state index contributed by atoms with van der Waals surface area (Å²) in [6.07, 6.45) is 3.56. The smallest absolute Gasteiger partial charge is 0.244 e. The van der Waals surface area contributed by atoms with Crippen LogP contribution >= 0.6 is 15.9 Å². The molecule has 2 rings (SSSR count). The van der Waals surface area contributed by atoms with Gasteiger partial charge in [-0.2, -0.15) is 0 Å².